The largest absolute Gasteiger partial charge is 0.478 e. The van der Waals surface area contributed by atoms with Crippen LogP contribution in [-0.4, -0.2) is 23.0 Å². The average molecular weight is 329 g/mol. The minimum atomic E-state index is -1.08. The summed E-state index contributed by atoms with van der Waals surface area (Å²) >= 11 is 3.24. The molecule has 0 saturated carbocycles. The minimum Gasteiger partial charge on any atom is -0.478 e. The maximum Gasteiger partial charge on any atom is 0.337 e. The molecule has 4 N–H and O–H groups in total. The maximum atomic E-state index is 11.8. The third-order valence-corrected chi connectivity index (χ3v) is 3.09. The third kappa shape index (κ3) is 5.00. The molecule has 1 amide bonds. The van der Waals surface area contributed by atoms with Crippen molar-refractivity contribution in [3.05, 3.63) is 28.2 Å². The van der Waals surface area contributed by atoms with Gasteiger partial charge in [0.15, 0.2) is 0 Å². The molecular formula is C13H17BrN2O3. The molecule has 5 nitrogen and oxygen atoms in total. The van der Waals surface area contributed by atoms with E-state index >= 15 is 0 Å². The van der Waals surface area contributed by atoms with Crippen molar-refractivity contribution in [1.82, 2.24) is 0 Å². The average Bonchev–Trinajstić information content (AvgIpc) is 2.28. The Morgan fingerprint density at radius 3 is 2.74 bits per heavy atom. The van der Waals surface area contributed by atoms with Crippen molar-refractivity contribution in [3.8, 4) is 0 Å². The molecule has 0 radical (unpaired) electrons. The van der Waals surface area contributed by atoms with E-state index in [1.54, 1.807) is 12.1 Å². The summed E-state index contributed by atoms with van der Waals surface area (Å²) in [5.41, 5.74) is 6.11. The first-order valence-electron chi connectivity index (χ1n) is 6.02. The van der Waals surface area contributed by atoms with Crippen LogP contribution in [0.25, 0.3) is 0 Å². The number of hydrogen-bond donors (Lipinski definition) is 3. The van der Waals surface area contributed by atoms with Crippen LogP contribution < -0.4 is 11.1 Å². The van der Waals surface area contributed by atoms with Gasteiger partial charge in [-0.25, -0.2) is 4.79 Å². The first-order valence-corrected chi connectivity index (χ1v) is 6.81. The second-order valence-corrected chi connectivity index (χ2v) is 5.21. The first kappa shape index (κ1) is 15.7. The smallest absolute Gasteiger partial charge is 0.337 e. The Morgan fingerprint density at radius 2 is 2.16 bits per heavy atom. The first-order chi connectivity index (χ1) is 8.93. The highest BCUT2D eigenvalue weighted by Gasteiger charge is 2.14. The number of hydrogen-bond acceptors (Lipinski definition) is 3. The summed E-state index contributed by atoms with van der Waals surface area (Å²) in [5.74, 6) is -1.36. The van der Waals surface area contributed by atoms with E-state index in [-0.39, 0.29) is 29.6 Å². The summed E-state index contributed by atoms with van der Waals surface area (Å²) in [4.78, 5) is 22.8. The molecule has 1 aromatic carbocycles. The van der Waals surface area contributed by atoms with Crippen molar-refractivity contribution in [2.45, 2.75) is 32.2 Å². The van der Waals surface area contributed by atoms with Gasteiger partial charge in [0, 0.05) is 16.9 Å². The summed E-state index contributed by atoms with van der Waals surface area (Å²) in [5, 5.41) is 11.6. The summed E-state index contributed by atoms with van der Waals surface area (Å²) in [6.07, 6.45) is 1.85. The van der Waals surface area contributed by atoms with Gasteiger partial charge in [-0.05, 0) is 24.6 Å². The molecule has 0 spiro atoms. The molecule has 0 heterocycles. The molecule has 0 aliphatic carbocycles. The lowest BCUT2D eigenvalue weighted by atomic mass is 10.1. The monoisotopic (exact) mass is 328 g/mol. The van der Waals surface area contributed by atoms with E-state index in [4.69, 9.17) is 10.8 Å². The Balaban J connectivity index is 2.78. The van der Waals surface area contributed by atoms with E-state index in [1.807, 2.05) is 6.92 Å². The quantitative estimate of drug-likeness (QED) is 0.748. The number of nitrogens with one attached hydrogen (secondary N) is 1. The zero-order valence-electron chi connectivity index (χ0n) is 10.6. The number of carbonyl (C=O) groups excluding carboxylic acids is 1. The summed E-state index contributed by atoms with van der Waals surface area (Å²) in [6.45, 7) is 1.99. The topological polar surface area (TPSA) is 92.4 Å². The highest BCUT2D eigenvalue weighted by atomic mass is 79.9. The SMILES string of the molecule is CCCC(N)CC(=O)Nc1cc(Br)ccc1C(=O)O. The van der Waals surface area contributed by atoms with Crippen LogP contribution in [0.4, 0.5) is 5.69 Å². The summed E-state index contributed by atoms with van der Waals surface area (Å²) in [7, 11) is 0. The van der Waals surface area contributed by atoms with Gasteiger partial charge in [-0.15, -0.1) is 0 Å². The fourth-order valence-electron chi connectivity index (χ4n) is 1.72. The highest BCUT2D eigenvalue weighted by molar-refractivity contribution is 9.10. The van der Waals surface area contributed by atoms with Gasteiger partial charge in [-0.2, -0.15) is 0 Å². The van der Waals surface area contributed by atoms with Crippen LogP contribution in [0, 0.1) is 0 Å². The van der Waals surface area contributed by atoms with Crippen LogP contribution in [0.3, 0.4) is 0 Å². The molecular weight excluding hydrogens is 312 g/mol. The highest BCUT2D eigenvalue weighted by Crippen LogP contribution is 2.22. The number of amides is 1. The van der Waals surface area contributed by atoms with Gasteiger partial charge in [0.1, 0.15) is 0 Å². The molecule has 0 aromatic heterocycles. The van der Waals surface area contributed by atoms with Gasteiger partial charge in [-0.3, -0.25) is 4.79 Å². The van der Waals surface area contributed by atoms with Crippen LogP contribution in [0.1, 0.15) is 36.5 Å². The van der Waals surface area contributed by atoms with Crippen molar-refractivity contribution >= 4 is 33.5 Å². The lowest BCUT2D eigenvalue weighted by molar-refractivity contribution is -0.116. The van der Waals surface area contributed by atoms with E-state index in [0.717, 1.165) is 12.8 Å². The predicted molar refractivity (Wildman–Crippen MR) is 77.2 cm³/mol. The van der Waals surface area contributed by atoms with Crippen LogP contribution in [0.5, 0.6) is 0 Å². The Bertz CT molecular complexity index is 477. The molecule has 0 bridgehead atoms. The van der Waals surface area contributed by atoms with Crippen LogP contribution in [0.2, 0.25) is 0 Å². The molecule has 0 saturated heterocycles. The number of halogens is 1. The van der Waals surface area contributed by atoms with E-state index in [9.17, 15) is 9.59 Å². The van der Waals surface area contributed by atoms with Crippen LogP contribution >= 0.6 is 15.9 Å². The van der Waals surface area contributed by atoms with Gasteiger partial charge in [-0.1, -0.05) is 29.3 Å². The molecule has 6 heteroatoms. The second-order valence-electron chi connectivity index (χ2n) is 4.30. The van der Waals surface area contributed by atoms with Gasteiger partial charge in [0.25, 0.3) is 0 Å². The number of anilines is 1. The van der Waals surface area contributed by atoms with E-state index in [1.165, 1.54) is 6.07 Å². The summed E-state index contributed by atoms with van der Waals surface area (Å²) < 4.78 is 0.700. The van der Waals surface area contributed by atoms with Crippen molar-refractivity contribution in [2.24, 2.45) is 5.73 Å². The predicted octanol–water partition coefficient (Wildman–Crippen LogP) is 2.60. The van der Waals surface area contributed by atoms with Gasteiger partial charge in [0.2, 0.25) is 5.91 Å². The Morgan fingerprint density at radius 1 is 1.47 bits per heavy atom. The van der Waals surface area contributed by atoms with E-state index in [0.29, 0.717) is 4.47 Å². The number of carbonyl (C=O) groups is 2. The van der Waals surface area contributed by atoms with E-state index in [2.05, 4.69) is 21.2 Å². The number of aromatic carboxylic acids is 1. The van der Waals surface area contributed by atoms with Gasteiger partial charge < -0.3 is 16.2 Å². The lowest BCUT2D eigenvalue weighted by Gasteiger charge is -2.12. The molecule has 0 fully saturated rings. The minimum absolute atomic E-state index is 0.0561. The Labute approximate surface area is 120 Å². The number of rotatable bonds is 6. The fraction of sp³-hybridized carbons (Fsp3) is 0.385. The lowest BCUT2D eigenvalue weighted by Crippen LogP contribution is -2.27. The normalized spacial score (nSPS) is 11.9. The number of nitrogens with two attached hydrogens (primary N) is 1. The molecule has 19 heavy (non-hydrogen) atoms. The standard InChI is InChI=1S/C13H17BrN2O3/c1-2-3-9(15)7-12(17)16-11-6-8(14)4-5-10(11)13(18)19/h4-6,9H,2-3,7,15H2,1H3,(H,16,17)(H,18,19). The maximum absolute atomic E-state index is 11.8. The number of carboxylic acids is 1. The Hall–Kier alpha value is -1.40. The fourth-order valence-corrected chi connectivity index (χ4v) is 2.08. The van der Waals surface area contributed by atoms with Crippen LogP contribution in [-0.2, 0) is 4.79 Å². The molecule has 104 valence electrons. The molecule has 1 atom stereocenters. The Kier molecular flexibility index (Phi) is 5.98. The summed E-state index contributed by atoms with van der Waals surface area (Å²) in [6, 6.07) is 4.41. The van der Waals surface area contributed by atoms with Gasteiger partial charge in [0.05, 0.1) is 11.3 Å². The molecule has 0 aliphatic rings. The molecule has 1 unspecified atom stereocenters. The molecule has 1 rings (SSSR count). The van der Waals surface area contributed by atoms with Crippen molar-refractivity contribution in [2.75, 3.05) is 5.32 Å². The van der Waals surface area contributed by atoms with Gasteiger partial charge >= 0.3 is 5.97 Å². The van der Waals surface area contributed by atoms with E-state index < -0.39 is 5.97 Å². The van der Waals surface area contributed by atoms with Crippen molar-refractivity contribution < 1.29 is 14.7 Å². The molecule has 1 aromatic rings. The number of carboxylic acid groups (broad SMARTS) is 1. The zero-order valence-corrected chi connectivity index (χ0v) is 12.2. The van der Waals surface area contributed by atoms with Crippen molar-refractivity contribution in [3.63, 3.8) is 0 Å². The number of benzene rings is 1. The second kappa shape index (κ2) is 7.25. The zero-order chi connectivity index (χ0) is 14.4. The third-order valence-electron chi connectivity index (χ3n) is 2.59. The van der Waals surface area contributed by atoms with Crippen molar-refractivity contribution in [1.29, 1.82) is 0 Å². The van der Waals surface area contributed by atoms with Crippen LogP contribution in [0.15, 0.2) is 22.7 Å². The molecule has 0 aliphatic heterocycles.